The Bertz CT molecular complexity index is 589. The molecule has 0 radical (unpaired) electrons. The first-order chi connectivity index (χ1) is 11.7. The van der Waals surface area contributed by atoms with Gasteiger partial charge in [0, 0.05) is 44.9 Å². The fourth-order valence-electron chi connectivity index (χ4n) is 2.75. The van der Waals surface area contributed by atoms with Crippen molar-refractivity contribution in [1.29, 1.82) is 0 Å². The molecule has 142 valence electrons. The van der Waals surface area contributed by atoms with Gasteiger partial charge in [0.15, 0.2) is 0 Å². The number of hydrogen-bond acceptors (Lipinski definition) is 3. The minimum absolute atomic E-state index is 0.0446. The SMILES string of the molecule is CC(C)NC(=O)CCc1cc2n(n1)CCN(CCC(F)(F)C(F)F)C2. The van der Waals surface area contributed by atoms with Crippen LogP contribution < -0.4 is 5.32 Å². The maximum Gasteiger partial charge on any atom is 0.308 e. The number of carbonyl (C=O) groups is 1. The molecule has 1 amide bonds. The molecular weight excluding hydrogens is 340 g/mol. The Morgan fingerprint density at radius 1 is 1.36 bits per heavy atom. The van der Waals surface area contributed by atoms with Crippen LogP contribution in [0, 0.1) is 0 Å². The first kappa shape index (κ1) is 19.7. The number of nitrogens with one attached hydrogen (secondary N) is 1. The molecule has 0 saturated heterocycles. The number of aryl methyl sites for hydroxylation is 1. The minimum atomic E-state index is -3.95. The topological polar surface area (TPSA) is 50.2 Å². The van der Waals surface area contributed by atoms with Gasteiger partial charge < -0.3 is 5.32 Å². The highest BCUT2D eigenvalue weighted by Gasteiger charge is 2.40. The molecule has 0 atom stereocenters. The number of rotatable bonds is 8. The lowest BCUT2D eigenvalue weighted by Crippen LogP contribution is -2.38. The lowest BCUT2D eigenvalue weighted by atomic mass is 10.2. The highest BCUT2D eigenvalue weighted by Crippen LogP contribution is 2.27. The van der Waals surface area contributed by atoms with E-state index in [2.05, 4.69) is 10.4 Å². The van der Waals surface area contributed by atoms with Gasteiger partial charge in [0.05, 0.1) is 17.9 Å². The number of halogens is 4. The van der Waals surface area contributed by atoms with Crippen molar-refractivity contribution < 1.29 is 22.4 Å². The number of hydrogen-bond donors (Lipinski definition) is 1. The summed E-state index contributed by atoms with van der Waals surface area (Å²) >= 11 is 0. The van der Waals surface area contributed by atoms with Crippen LogP contribution in [0.3, 0.4) is 0 Å². The smallest absolute Gasteiger partial charge is 0.308 e. The summed E-state index contributed by atoms with van der Waals surface area (Å²) in [5, 5.41) is 7.22. The van der Waals surface area contributed by atoms with Gasteiger partial charge in [-0.1, -0.05) is 0 Å². The Hall–Kier alpha value is -1.64. The first-order valence-electron chi connectivity index (χ1n) is 8.40. The zero-order chi connectivity index (χ0) is 18.6. The number of amides is 1. The molecule has 5 nitrogen and oxygen atoms in total. The fourth-order valence-corrected chi connectivity index (χ4v) is 2.75. The third-order valence-electron chi connectivity index (χ3n) is 4.07. The minimum Gasteiger partial charge on any atom is -0.354 e. The van der Waals surface area contributed by atoms with E-state index in [0.29, 0.717) is 32.5 Å². The van der Waals surface area contributed by atoms with Gasteiger partial charge in [-0.05, 0) is 19.9 Å². The summed E-state index contributed by atoms with van der Waals surface area (Å²) in [4.78, 5) is 13.4. The van der Waals surface area contributed by atoms with Crippen LogP contribution >= 0.6 is 0 Å². The third-order valence-corrected chi connectivity index (χ3v) is 4.07. The van der Waals surface area contributed by atoms with Crippen LogP contribution in [0.5, 0.6) is 0 Å². The number of alkyl halides is 4. The molecular formula is C16H24F4N4O. The van der Waals surface area contributed by atoms with Crippen molar-refractivity contribution in [3.05, 3.63) is 17.5 Å². The van der Waals surface area contributed by atoms with Crippen LogP contribution in [-0.2, 0) is 24.3 Å². The second kappa shape index (κ2) is 8.16. The van der Waals surface area contributed by atoms with E-state index < -0.39 is 18.8 Å². The number of nitrogens with zero attached hydrogens (tertiary/aromatic N) is 3. The molecule has 0 aliphatic carbocycles. The average molecular weight is 364 g/mol. The van der Waals surface area contributed by atoms with Gasteiger partial charge >= 0.3 is 12.3 Å². The summed E-state index contributed by atoms with van der Waals surface area (Å²) in [5.74, 6) is -4.00. The van der Waals surface area contributed by atoms with Crippen molar-refractivity contribution in [3.63, 3.8) is 0 Å². The molecule has 0 fully saturated rings. The highest BCUT2D eigenvalue weighted by atomic mass is 19.3. The molecule has 1 N–H and O–H groups in total. The van der Waals surface area contributed by atoms with Gasteiger partial charge in [-0.25, -0.2) is 17.6 Å². The van der Waals surface area contributed by atoms with E-state index in [0.717, 1.165) is 11.4 Å². The van der Waals surface area contributed by atoms with Crippen molar-refractivity contribution in [3.8, 4) is 0 Å². The predicted molar refractivity (Wildman–Crippen MR) is 84.7 cm³/mol. The second-order valence-corrected chi connectivity index (χ2v) is 6.66. The molecule has 1 aliphatic heterocycles. The van der Waals surface area contributed by atoms with Crippen molar-refractivity contribution >= 4 is 5.91 Å². The van der Waals surface area contributed by atoms with Gasteiger partial charge in [0.1, 0.15) is 0 Å². The first-order valence-corrected chi connectivity index (χ1v) is 8.40. The molecule has 0 saturated carbocycles. The van der Waals surface area contributed by atoms with E-state index in [9.17, 15) is 22.4 Å². The van der Waals surface area contributed by atoms with Crippen molar-refractivity contribution in [2.75, 3.05) is 13.1 Å². The van der Waals surface area contributed by atoms with Crippen LogP contribution in [0.4, 0.5) is 17.6 Å². The van der Waals surface area contributed by atoms with E-state index in [1.165, 1.54) is 0 Å². The Labute approximate surface area is 144 Å². The summed E-state index contributed by atoms with van der Waals surface area (Å²) in [7, 11) is 0. The van der Waals surface area contributed by atoms with Gasteiger partial charge in [0.2, 0.25) is 5.91 Å². The van der Waals surface area contributed by atoms with Crippen LogP contribution in [0.2, 0.25) is 0 Å². The summed E-state index contributed by atoms with van der Waals surface area (Å²) in [6.45, 7) is 5.09. The molecule has 0 spiro atoms. The summed E-state index contributed by atoms with van der Waals surface area (Å²) < 4.78 is 52.3. The largest absolute Gasteiger partial charge is 0.354 e. The Morgan fingerprint density at radius 2 is 2.08 bits per heavy atom. The normalized spacial score (nSPS) is 15.7. The summed E-state index contributed by atoms with van der Waals surface area (Å²) in [6, 6.07) is 1.93. The van der Waals surface area contributed by atoms with E-state index in [1.54, 1.807) is 9.58 Å². The summed E-state index contributed by atoms with van der Waals surface area (Å²) in [6.07, 6.45) is -3.66. The molecule has 9 heteroatoms. The molecule has 1 aromatic heterocycles. The third kappa shape index (κ3) is 5.69. The molecule has 1 aliphatic rings. The number of carbonyl (C=O) groups excluding carboxylic acids is 1. The van der Waals surface area contributed by atoms with E-state index >= 15 is 0 Å². The predicted octanol–water partition coefficient (Wildman–Crippen LogP) is 2.45. The van der Waals surface area contributed by atoms with Crippen LogP contribution in [-0.4, -0.2) is 52.1 Å². The maximum atomic E-state index is 13.0. The summed E-state index contributed by atoms with van der Waals surface area (Å²) in [5.41, 5.74) is 1.62. The fraction of sp³-hybridized carbons (Fsp3) is 0.750. The van der Waals surface area contributed by atoms with E-state index in [1.807, 2.05) is 19.9 Å². The van der Waals surface area contributed by atoms with Gasteiger partial charge in [-0.2, -0.15) is 5.10 Å². The van der Waals surface area contributed by atoms with Crippen molar-refractivity contribution in [2.24, 2.45) is 0 Å². The molecule has 2 rings (SSSR count). The quantitative estimate of drug-likeness (QED) is 0.721. The lowest BCUT2D eigenvalue weighted by Gasteiger charge is -2.28. The van der Waals surface area contributed by atoms with Crippen LogP contribution in [0.1, 0.15) is 38.1 Å². The van der Waals surface area contributed by atoms with Gasteiger partial charge in [-0.3, -0.25) is 14.4 Å². The van der Waals surface area contributed by atoms with Crippen molar-refractivity contribution in [2.45, 2.75) is 64.6 Å². The number of aromatic nitrogens is 2. The standard InChI is InChI=1S/C16H24F4N4O/c1-11(2)21-14(25)4-3-12-9-13-10-23(7-8-24(13)22-12)6-5-16(19,20)15(17)18/h9,11,15H,3-8,10H2,1-2H3,(H,21,25). The maximum absolute atomic E-state index is 13.0. The molecule has 0 unspecified atom stereocenters. The molecule has 25 heavy (non-hydrogen) atoms. The van der Waals surface area contributed by atoms with Gasteiger partial charge in [-0.15, -0.1) is 0 Å². The molecule has 0 aromatic carbocycles. The second-order valence-electron chi connectivity index (χ2n) is 6.66. The van der Waals surface area contributed by atoms with Crippen molar-refractivity contribution in [1.82, 2.24) is 20.0 Å². The zero-order valence-electron chi connectivity index (χ0n) is 14.4. The molecule has 2 heterocycles. The molecule has 1 aromatic rings. The Balaban J connectivity index is 1.85. The highest BCUT2D eigenvalue weighted by molar-refractivity contribution is 5.76. The van der Waals surface area contributed by atoms with E-state index in [-0.39, 0.29) is 18.5 Å². The number of fused-ring (bicyclic) bond motifs is 1. The van der Waals surface area contributed by atoms with Crippen LogP contribution in [0.15, 0.2) is 6.07 Å². The zero-order valence-corrected chi connectivity index (χ0v) is 14.4. The average Bonchev–Trinajstić information content (AvgIpc) is 2.92. The van der Waals surface area contributed by atoms with Gasteiger partial charge in [0.25, 0.3) is 0 Å². The monoisotopic (exact) mass is 364 g/mol. The lowest BCUT2D eigenvalue weighted by molar-refractivity contribution is -0.136. The Kier molecular flexibility index (Phi) is 6.42. The van der Waals surface area contributed by atoms with E-state index in [4.69, 9.17) is 0 Å². The Morgan fingerprint density at radius 3 is 2.72 bits per heavy atom. The molecule has 0 bridgehead atoms. The van der Waals surface area contributed by atoms with Crippen LogP contribution in [0.25, 0.3) is 0 Å².